The lowest BCUT2D eigenvalue weighted by atomic mass is 9.85. The van der Waals surface area contributed by atoms with E-state index in [0.29, 0.717) is 36.1 Å². The van der Waals surface area contributed by atoms with Crippen LogP contribution in [0.15, 0.2) is 9.31 Å². The molecule has 0 saturated heterocycles. The predicted molar refractivity (Wildman–Crippen MR) is 77.8 cm³/mol. The molecule has 0 aliphatic heterocycles. The molecule has 5 nitrogen and oxygen atoms in total. The quantitative estimate of drug-likeness (QED) is 0.873. The maximum atomic E-state index is 12.9. The Morgan fingerprint density at radius 3 is 2.40 bits per heavy atom. The third-order valence-corrected chi connectivity index (χ3v) is 6.30. The van der Waals surface area contributed by atoms with Gasteiger partial charge in [-0.1, -0.05) is 13.3 Å². The molecule has 0 bridgehead atoms. The molecule has 1 aliphatic rings. The topological polar surface area (TPSA) is 76.5 Å². The first-order chi connectivity index (χ1) is 9.41. The minimum absolute atomic E-state index is 0.179. The number of hydrogen-bond donors (Lipinski definition) is 1. The highest BCUT2D eigenvalue weighted by Crippen LogP contribution is 2.32. The summed E-state index contributed by atoms with van der Waals surface area (Å²) < 4.78 is 32.8. The monoisotopic (exact) mass is 300 g/mol. The van der Waals surface area contributed by atoms with Crippen LogP contribution in [0.2, 0.25) is 0 Å². The van der Waals surface area contributed by atoms with Gasteiger partial charge >= 0.3 is 0 Å². The average Bonchev–Trinajstić information content (AvgIpc) is 2.62. The fourth-order valence-corrected chi connectivity index (χ4v) is 4.72. The van der Waals surface area contributed by atoms with Gasteiger partial charge < -0.3 is 10.2 Å². The number of aryl methyl sites for hydroxylation is 2. The Morgan fingerprint density at radius 2 is 1.95 bits per heavy atom. The average molecular weight is 300 g/mol. The van der Waals surface area contributed by atoms with E-state index in [1.165, 1.54) is 6.42 Å². The third kappa shape index (κ3) is 2.64. The largest absolute Gasteiger partial charge is 0.465 e. The summed E-state index contributed by atoms with van der Waals surface area (Å²) in [4.78, 5) is 0.277. The molecular weight excluding hydrogens is 276 g/mol. The highest BCUT2D eigenvalue weighted by molar-refractivity contribution is 7.89. The van der Waals surface area contributed by atoms with E-state index in [1.807, 2.05) is 6.92 Å². The lowest BCUT2D eigenvalue weighted by molar-refractivity contribution is 0.249. The van der Waals surface area contributed by atoms with E-state index in [4.69, 9.17) is 10.2 Å². The van der Waals surface area contributed by atoms with Crippen LogP contribution in [-0.2, 0) is 16.6 Å². The van der Waals surface area contributed by atoms with Gasteiger partial charge in [0.25, 0.3) is 0 Å². The molecule has 20 heavy (non-hydrogen) atoms. The first-order valence-corrected chi connectivity index (χ1v) is 8.64. The number of furan rings is 1. The van der Waals surface area contributed by atoms with E-state index < -0.39 is 10.0 Å². The minimum atomic E-state index is -3.52. The van der Waals surface area contributed by atoms with Gasteiger partial charge in [0.05, 0.1) is 0 Å². The van der Waals surface area contributed by atoms with Crippen molar-refractivity contribution < 1.29 is 12.8 Å². The maximum Gasteiger partial charge on any atom is 0.246 e. The van der Waals surface area contributed by atoms with Crippen molar-refractivity contribution in [1.82, 2.24) is 4.31 Å². The number of nitrogens with two attached hydrogens (primary N) is 1. The van der Waals surface area contributed by atoms with Crippen LogP contribution in [0.25, 0.3) is 0 Å². The molecule has 6 heteroatoms. The maximum absolute atomic E-state index is 12.9. The van der Waals surface area contributed by atoms with Gasteiger partial charge in [0.1, 0.15) is 16.4 Å². The fraction of sp³-hybridized carbons (Fsp3) is 0.714. The van der Waals surface area contributed by atoms with E-state index in [9.17, 15) is 8.42 Å². The summed E-state index contributed by atoms with van der Waals surface area (Å²) in [5.74, 6) is 1.54. The summed E-state index contributed by atoms with van der Waals surface area (Å²) in [5.41, 5.74) is 6.30. The Balaban J connectivity index is 2.37. The van der Waals surface area contributed by atoms with E-state index in [1.54, 1.807) is 18.2 Å². The molecular formula is C14H24N2O3S. The predicted octanol–water partition coefficient (Wildman–Crippen LogP) is 2.17. The van der Waals surface area contributed by atoms with Crippen molar-refractivity contribution in [2.24, 2.45) is 11.7 Å². The summed E-state index contributed by atoms with van der Waals surface area (Å²) in [5, 5.41) is 0. The van der Waals surface area contributed by atoms with Gasteiger partial charge in [-0.2, -0.15) is 4.31 Å². The molecule has 2 rings (SSSR count). The molecule has 0 aromatic carbocycles. The minimum Gasteiger partial charge on any atom is -0.465 e. The van der Waals surface area contributed by atoms with Crippen molar-refractivity contribution in [2.75, 3.05) is 13.1 Å². The molecule has 1 fully saturated rings. The highest BCUT2D eigenvalue weighted by atomic mass is 32.2. The SMILES string of the molecule is CCN(CC1CCC1)S(=O)(=O)c1c(C)oc(C)c1CN. The number of rotatable bonds is 6. The summed E-state index contributed by atoms with van der Waals surface area (Å²) in [7, 11) is -3.52. The van der Waals surface area contributed by atoms with Crippen LogP contribution in [-0.4, -0.2) is 25.8 Å². The van der Waals surface area contributed by atoms with Crippen LogP contribution in [0.5, 0.6) is 0 Å². The zero-order chi connectivity index (χ0) is 14.9. The Labute approximate surface area is 121 Å². The first kappa shape index (κ1) is 15.5. The molecule has 1 aromatic rings. The second kappa shape index (κ2) is 5.87. The second-order valence-corrected chi connectivity index (χ2v) is 7.35. The van der Waals surface area contributed by atoms with Crippen molar-refractivity contribution >= 4 is 10.0 Å². The van der Waals surface area contributed by atoms with Gasteiger partial charge in [0.15, 0.2) is 0 Å². The van der Waals surface area contributed by atoms with Crippen molar-refractivity contribution in [3.8, 4) is 0 Å². The fourth-order valence-electron chi connectivity index (χ4n) is 2.77. The molecule has 0 radical (unpaired) electrons. The zero-order valence-electron chi connectivity index (χ0n) is 12.5. The first-order valence-electron chi connectivity index (χ1n) is 7.20. The van der Waals surface area contributed by atoms with Gasteiger partial charge in [0, 0.05) is 25.2 Å². The lowest BCUT2D eigenvalue weighted by Crippen LogP contribution is -2.37. The van der Waals surface area contributed by atoms with Crippen LogP contribution >= 0.6 is 0 Å². The molecule has 1 saturated carbocycles. The van der Waals surface area contributed by atoms with E-state index in [2.05, 4.69) is 0 Å². The van der Waals surface area contributed by atoms with Gasteiger partial charge in [-0.25, -0.2) is 8.42 Å². The Kier molecular flexibility index (Phi) is 4.56. The summed E-state index contributed by atoms with van der Waals surface area (Å²) in [6, 6.07) is 0. The van der Waals surface area contributed by atoms with Gasteiger partial charge in [-0.3, -0.25) is 0 Å². The van der Waals surface area contributed by atoms with Crippen molar-refractivity contribution in [1.29, 1.82) is 0 Å². The molecule has 1 heterocycles. The van der Waals surface area contributed by atoms with E-state index in [0.717, 1.165) is 12.8 Å². The van der Waals surface area contributed by atoms with Gasteiger partial charge in [-0.05, 0) is 32.6 Å². The Bertz CT molecular complexity index is 573. The molecule has 1 aliphatic carbocycles. The van der Waals surface area contributed by atoms with Gasteiger partial charge in [0.2, 0.25) is 10.0 Å². The van der Waals surface area contributed by atoms with Gasteiger partial charge in [-0.15, -0.1) is 0 Å². The van der Waals surface area contributed by atoms with Crippen LogP contribution in [0.1, 0.15) is 43.3 Å². The Morgan fingerprint density at radius 1 is 1.30 bits per heavy atom. The molecule has 0 unspecified atom stereocenters. The molecule has 0 spiro atoms. The molecule has 114 valence electrons. The van der Waals surface area contributed by atoms with Crippen LogP contribution < -0.4 is 5.73 Å². The number of sulfonamides is 1. The number of hydrogen-bond acceptors (Lipinski definition) is 4. The normalized spacial score (nSPS) is 16.6. The highest BCUT2D eigenvalue weighted by Gasteiger charge is 2.33. The van der Waals surface area contributed by atoms with Crippen LogP contribution in [0.3, 0.4) is 0 Å². The molecule has 0 amide bonds. The van der Waals surface area contributed by atoms with Crippen LogP contribution in [0.4, 0.5) is 0 Å². The Hall–Kier alpha value is -0.850. The lowest BCUT2D eigenvalue weighted by Gasteiger charge is -2.31. The summed E-state index contributed by atoms with van der Waals surface area (Å²) in [6.07, 6.45) is 3.46. The van der Waals surface area contributed by atoms with Crippen LogP contribution in [0, 0.1) is 19.8 Å². The third-order valence-electron chi connectivity index (χ3n) is 4.17. The van der Waals surface area contributed by atoms with Crippen molar-refractivity contribution in [2.45, 2.75) is 51.5 Å². The zero-order valence-corrected chi connectivity index (χ0v) is 13.3. The standard InChI is InChI=1S/C14H24N2O3S/c1-4-16(9-12-6-5-7-12)20(17,18)14-11(3)19-10(2)13(14)8-15/h12H,4-9,15H2,1-3H3. The molecule has 0 atom stereocenters. The molecule has 2 N–H and O–H groups in total. The van der Waals surface area contributed by atoms with E-state index >= 15 is 0 Å². The molecule has 1 aromatic heterocycles. The smallest absolute Gasteiger partial charge is 0.246 e. The van der Waals surface area contributed by atoms with E-state index in [-0.39, 0.29) is 11.4 Å². The van der Waals surface area contributed by atoms with Crippen molar-refractivity contribution in [3.63, 3.8) is 0 Å². The number of nitrogens with zero attached hydrogens (tertiary/aromatic N) is 1. The summed E-state index contributed by atoms with van der Waals surface area (Å²) in [6.45, 7) is 6.59. The summed E-state index contributed by atoms with van der Waals surface area (Å²) >= 11 is 0. The van der Waals surface area contributed by atoms with Crippen molar-refractivity contribution in [3.05, 3.63) is 17.1 Å². The second-order valence-electron chi connectivity index (χ2n) is 5.48.